The van der Waals surface area contributed by atoms with E-state index in [1.165, 1.54) is 28.0 Å². The number of ether oxygens (including phenoxy) is 2. The summed E-state index contributed by atoms with van der Waals surface area (Å²) in [5, 5.41) is 33.6. The van der Waals surface area contributed by atoms with E-state index in [1.807, 2.05) is 0 Å². The second-order valence-electron chi connectivity index (χ2n) is 6.36. The van der Waals surface area contributed by atoms with Crippen molar-refractivity contribution in [1.29, 1.82) is 0 Å². The molecule has 1 aliphatic heterocycles. The third-order valence-corrected chi connectivity index (χ3v) is 4.53. The van der Waals surface area contributed by atoms with Crippen LogP contribution in [0.1, 0.15) is 23.5 Å². The van der Waals surface area contributed by atoms with Gasteiger partial charge in [0.2, 0.25) is 0 Å². The van der Waals surface area contributed by atoms with E-state index in [-0.39, 0.29) is 35.1 Å². The summed E-state index contributed by atoms with van der Waals surface area (Å²) in [6, 6.07) is 0. The monoisotopic (exact) mass is 405 g/mol. The number of carbonyl (C=O) groups is 1. The van der Waals surface area contributed by atoms with Crippen LogP contribution in [-0.4, -0.2) is 82.1 Å². The molecule has 1 saturated heterocycles. The van der Waals surface area contributed by atoms with Gasteiger partial charge in [0.15, 0.2) is 17.7 Å². The number of anilines is 1. The standard InChI is InChI=1S/C16H19N7O6/c1-2-28-15(27)7-3-19-23(4-7)16-20-12(17)9-13(21-16)22(6-18-9)14-11(26)10(25)8(5-24)29-14/h3-4,6,8,10-11,14,24-26H,2,5H2,1H3,(H2,17,20,21). The summed E-state index contributed by atoms with van der Waals surface area (Å²) < 4.78 is 13.1. The van der Waals surface area contributed by atoms with E-state index >= 15 is 0 Å². The van der Waals surface area contributed by atoms with Gasteiger partial charge in [0.25, 0.3) is 5.95 Å². The summed E-state index contributed by atoms with van der Waals surface area (Å²) in [7, 11) is 0. The van der Waals surface area contributed by atoms with E-state index in [4.69, 9.17) is 15.2 Å². The average molecular weight is 405 g/mol. The lowest BCUT2D eigenvalue weighted by molar-refractivity contribution is -0.0511. The molecule has 4 heterocycles. The minimum absolute atomic E-state index is 0.0451. The Morgan fingerprint density at radius 3 is 2.83 bits per heavy atom. The molecule has 0 radical (unpaired) electrons. The zero-order valence-corrected chi connectivity index (χ0v) is 15.3. The minimum atomic E-state index is -1.32. The minimum Gasteiger partial charge on any atom is -0.462 e. The molecular weight excluding hydrogens is 386 g/mol. The Hall–Kier alpha value is -3.13. The van der Waals surface area contributed by atoms with Gasteiger partial charge in [0.1, 0.15) is 23.8 Å². The number of esters is 1. The van der Waals surface area contributed by atoms with Crippen LogP contribution in [0.25, 0.3) is 17.1 Å². The first-order chi connectivity index (χ1) is 13.9. The van der Waals surface area contributed by atoms with Gasteiger partial charge >= 0.3 is 5.97 Å². The van der Waals surface area contributed by atoms with E-state index in [9.17, 15) is 20.1 Å². The summed E-state index contributed by atoms with van der Waals surface area (Å²) in [5.74, 6) is -0.438. The topological polar surface area (TPSA) is 184 Å². The SMILES string of the molecule is CCOC(=O)c1cnn(-c2nc(N)c3ncn(C4OC(CO)C(O)C4O)c3n2)c1. The average Bonchev–Trinajstić information content (AvgIpc) is 3.41. The Balaban J connectivity index is 1.74. The predicted octanol–water partition coefficient (Wildman–Crippen LogP) is -1.62. The van der Waals surface area contributed by atoms with Gasteiger partial charge in [0.05, 0.1) is 31.3 Å². The molecule has 4 unspecified atom stereocenters. The molecule has 5 N–H and O–H groups in total. The number of fused-ring (bicyclic) bond motifs is 1. The van der Waals surface area contributed by atoms with Crippen molar-refractivity contribution in [3.8, 4) is 5.95 Å². The molecule has 1 aliphatic rings. The Labute approximate surface area is 163 Å². The molecule has 154 valence electrons. The van der Waals surface area contributed by atoms with E-state index in [0.717, 1.165) is 0 Å². The number of hydrogen-bond donors (Lipinski definition) is 4. The Kier molecular flexibility index (Phi) is 4.87. The fourth-order valence-corrected chi connectivity index (χ4v) is 3.08. The van der Waals surface area contributed by atoms with Crippen molar-refractivity contribution < 1.29 is 29.6 Å². The van der Waals surface area contributed by atoms with Crippen LogP contribution in [0.4, 0.5) is 5.82 Å². The van der Waals surface area contributed by atoms with Crippen LogP contribution in [-0.2, 0) is 9.47 Å². The van der Waals surface area contributed by atoms with E-state index in [1.54, 1.807) is 6.92 Å². The van der Waals surface area contributed by atoms with Crippen LogP contribution < -0.4 is 5.73 Å². The molecule has 13 heteroatoms. The highest BCUT2D eigenvalue weighted by Crippen LogP contribution is 2.32. The van der Waals surface area contributed by atoms with Crippen LogP contribution in [0, 0.1) is 0 Å². The Morgan fingerprint density at radius 1 is 1.34 bits per heavy atom. The van der Waals surface area contributed by atoms with Crippen LogP contribution in [0.2, 0.25) is 0 Å². The number of carbonyl (C=O) groups excluding carboxylic acids is 1. The van der Waals surface area contributed by atoms with Gasteiger partial charge in [-0.15, -0.1) is 0 Å². The van der Waals surface area contributed by atoms with E-state index < -0.39 is 37.1 Å². The smallest absolute Gasteiger partial charge is 0.341 e. The molecule has 0 saturated carbocycles. The third kappa shape index (κ3) is 3.19. The summed E-state index contributed by atoms with van der Waals surface area (Å²) in [5.41, 5.74) is 6.67. The normalized spacial score (nSPS) is 24.3. The van der Waals surface area contributed by atoms with Crippen molar-refractivity contribution in [1.82, 2.24) is 29.3 Å². The van der Waals surface area contributed by atoms with Crippen molar-refractivity contribution in [2.24, 2.45) is 0 Å². The van der Waals surface area contributed by atoms with Crippen LogP contribution >= 0.6 is 0 Å². The number of aliphatic hydroxyl groups is 3. The van der Waals surface area contributed by atoms with Gasteiger partial charge in [-0.3, -0.25) is 4.57 Å². The molecule has 0 spiro atoms. The first-order valence-electron chi connectivity index (χ1n) is 8.79. The maximum Gasteiger partial charge on any atom is 0.341 e. The van der Waals surface area contributed by atoms with Crippen molar-refractivity contribution >= 4 is 23.0 Å². The molecule has 0 amide bonds. The number of imidazole rings is 1. The van der Waals surface area contributed by atoms with Crippen LogP contribution in [0.5, 0.6) is 0 Å². The third-order valence-electron chi connectivity index (χ3n) is 4.53. The van der Waals surface area contributed by atoms with Gasteiger partial charge in [-0.2, -0.15) is 15.1 Å². The number of aliphatic hydroxyl groups excluding tert-OH is 3. The zero-order chi connectivity index (χ0) is 20.7. The lowest BCUT2D eigenvalue weighted by Gasteiger charge is -2.16. The van der Waals surface area contributed by atoms with Crippen LogP contribution in [0.15, 0.2) is 18.7 Å². The first kappa shape index (κ1) is 19.2. The fraction of sp³-hybridized carbons (Fsp3) is 0.438. The largest absolute Gasteiger partial charge is 0.462 e. The Morgan fingerprint density at radius 2 is 2.14 bits per heavy atom. The molecule has 3 aromatic heterocycles. The molecule has 4 rings (SSSR count). The van der Waals surface area contributed by atoms with Crippen molar-refractivity contribution in [3.05, 3.63) is 24.3 Å². The lowest BCUT2D eigenvalue weighted by atomic mass is 10.1. The number of nitrogen functional groups attached to an aromatic ring is 1. The quantitative estimate of drug-likeness (QED) is 0.358. The second-order valence-corrected chi connectivity index (χ2v) is 6.36. The first-order valence-corrected chi connectivity index (χ1v) is 8.79. The van der Waals surface area contributed by atoms with Crippen LogP contribution in [0.3, 0.4) is 0 Å². The number of nitrogens with zero attached hydrogens (tertiary/aromatic N) is 6. The van der Waals surface area contributed by atoms with Gasteiger partial charge < -0.3 is 30.5 Å². The molecule has 0 aliphatic carbocycles. The highest BCUT2D eigenvalue weighted by molar-refractivity contribution is 5.89. The van der Waals surface area contributed by atoms with Gasteiger partial charge in [-0.1, -0.05) is 0 Å². The van der Waals surface area contributed by atoms with Crippen molar-refractivity contribution in [3.63, 3.8) is 0 Å². The molecular formula is C16H19N7O6. The molecule has 1 fully saturated rings. The van der Waals surface area contributed by atoms with Crippen molar-refractivity contribution in [2.75, 3.05) is 18.9 Å². The molecule has 0 aromatic carbocycles. The summed E-state index contributed by atoms with van der Waals surface area (Å²) in [6.45, 7) is 1.45. The highest BCUT2D eigenvalue weighted by Gasteiger charge is 2.44. The maximum absolute atomic E-state index is 11.8. The van der Waals surface area contributed by atoms with Gasteiger partial charge in [-0.25, -0.2) is 14.5 Å². The van der Waals surface area contributed by atoms with Gasteiger partial charge in [0, 0.05) is 6.20 Å². The summed E-state index contributed by atoms with van der Waals surface area (Å²) in [6.07, 6.45) is -0.542. The Bertz CT molecular complexity index is 1050. The highest BCUT2D eigenvalue weighted by atomic mass is 16.6. The zero-order valence-electron chi connectivity index (χ0n) is 15.3. The molecule has 3 aromatic rings. The fourth-order valence-electron chi connectivity index (χ4n) is 3.08. The van der Waals surface area contributed by atoms with Crippen molar-refractivity contribution in [2.45, 2.75) is 31.5 Å². The summed E-state index contributed by atoms with van der Waals surface area (Å²) in [4.78, 5) is 24.5. The van der Waals surface area contributed by atoms with Gasteiger partial charge in [-0.05, 0) is 6.92 Å². The number of aromatic nitrogens is 6. The summed E-state index contributed by atoms with van der Waals surface area (Å²) >= 11 is 0. The molecule has 0 bridgehead atoms. The number of rotatable bonds is 5. The maximum atomic E-state index is 11.8. The van der Waals surface area contributed by atoms with E-state index in [2.05, 4.69) is 20.1 Å². The predicted molar refractivity (Wildman–Crippen MR) is 95.8 cm³/mol. The molecule has 4 atom stereocenters. The lowest BCUT2D eigenvalue weighted by Crippen LogP contribution is -2.33. The van der Waals surface area contributed by atoms with E-state index in [0.29, 0.717) is 0 Å². The second kappa shape index (κ2) is 7.36. The molecule has 13 nitrogen and oxygen atoms in total. The number of hydrogen-bond acceptors (Lipinski definition) is 11. The number of nitrogens with two attached hydrogens (primary N) is 1. The molecule has 29 heavy (non-hydrogen) atoms.